The molecule has 0 radical (unpaired) electrons. The van der Waals surface area contributed by atoms with Crippen molar-refractivity contribution in [2.75, 3.05) is 13.7 Å². The first-order valence-corrected chi connectivity index (χ1v) is 5.58. The van der Waals surface area contributed by atoms with Gasteiger partial charge in [-0.05, 0) is 18.2 Å². The highest BCUT2D eigenvalue weighted by Crippen LogP contribution is 2.30. The summed E-state index contributed by atoms with van der Waals surface area (Å²) in [6.07, 6.45) is 5.12. The van der Waals surface area contributed by atoms with E-state index >= 15 is 0 Å². The maximum absolute atomic E-state index is 9.51. The van der Waals surface area contributed by atoms with Gasteiger partial charge in [0.05, 0.1) is 20.2 Å². The third kappa shape index (κ3) is 3.03. The van der Waals surface area contributed by atoms with Crippen LogP contribution < -0.4 is 10.1 Å². The molecule has 0 spiro atoms. The first-order valence-electron chi connectivity index (χ1n) is 5.58. The molecule has 2 rings (SSSR count). The Morgan fingerprint density at radius 1 is 1.53 bits per heavy atom. The molecule has 0 bridgehead atoms. The van der Waals surface area contributed by atoms with Crippen molar-refractivity contribution in [1.82, 2.24) is 15.5 Å². The number of hydrogen-bond acceptors (Lipinski definition) is 6. The van der Waals surface area contributed by atoms with Crippen LogP contribution in [0, 0.1) is 12.3 Å². The van der Waals surface area contributed by atoms with Crippen molar-refractivity contribution in [2.45, 2.75) is 6.54 Å². The Balaban J connectivity index is 2.16. The van der Waals surface area contributed by atoms with Gasteiger partial charge in [0.25, 0.3) is 0 Å². The molecule has 2 N–H and O–H groups in total. The van der Waals surface area contributed by atoms with Gasteiger partial charge in [-0.1, -0.05) is 11.1 Å². The fraction of sp³-hybridized carbons (Fsp3) is 0.231. The van der Waals surface area contributed by atoms with Crippen molar-refractivity contribution in [3.05, 3.63) is 24.1 Å². The summed E-state index contributed by atoms with van der Waals surface area (Å²) in [4.78, 5) is 4.21. The fourth-order valence-electron chi connectivity index (χ4n) is 1.50. The maximum atomic E-state index is 9.51. The number of aromatic hydroxyl groups is 1. The van der Waals surface area contributed by atoms with Crippen molar-refractivity contribution < 1.29 is 14.4 Å². The van der Waals surface area contributed by atoms with E-state index in [0.717, 1.165) is 0 Å². The summed E-state index contributed by atoms with van der Waals surface area (Å²) in [5, 5.41) is 16.3. The summed E-state index contributed by atoms with van der Waals surface area (Å²) in [5.41, 5.74) is 0.696. The molecule has 0 amide bonds. The third-order valence-corrected chi connectivity index (χ3v) is 2.41. The van der Waals surface area contributed by atoms with E-state index in [1.54, 1.807) is 12.1 Å². The normalized spacial score (nSPS) is 10.1. The van der Waals surface area contributed by atoms with E-state index in [-0.39, 0.29) is 5.75 Å². The maximum Gasteiger partial charge on any atom is 0.240 e. The molecule has 0 saturated carbocycles. The molecule has 6 heteroatoms. The van der Waals surface area contributed by atoms with Gasteiger partial charge in [0, 0.05) is 5.56 Å². The van der Waals surface area contributed by atoms with Crippen LogP contribution in [-0.4, -0.2) is 28.9 Å². The van der Waals surface area contributed by atoms with Gasteiger partial charge in [-0.15, -0.1) is 6.42 Å². The summed E-state index contributed by atoms with van der Waals surface area (Å²) in [5.74, 6) is 3.74. The lowest BCUT2D eigenvalue weighted by molar-refractivity contribution is 0.370. The second-order valence-corrected chi connectivity index (χ2v) is 3.71. The summed E-state index contributed by atoms with van der Waals surface area (Å²) >= 11 is 0. The molecule has 1 heterocycles. The van der Waals surface area contributed by atoms with Crippen LogP contribution in [0.1, 0.15) is 5.89 Å². The van der Waals surface area contributed by atoms with E-state index in [1.807, 2.05) is 0 Å². The number of phenolic OH excluding ortho intramolecular Hbond substituents is 1. The third-order valence-electron chi connectivity index (χ3n) is 2.41. The minimum absolute atomic E-state index is 0.0608. The van der Waals surface area contributed by atoms with Gasteiger partial charge in [-0.2, -0.15) is 4.98 Å². The van der Waals surface area contributed by atoms with Gasteiger partial charge < -0.3 is 14.4 Å². The lowest BCUT2D eigenvalue weighted by atomic mass is 10.2. The second kappa shape index (κ2) is 5.89. The Kier molecular flexibility index (Phi) is 4.00. The van der Waals surface area contributed by atoms with Gasteiger partial charge >= 0.3 is 0 Å². The SMILES string of the molecule is C#CCNCc1nc(-c2ccc(O)c(OC)c2)no1. The summed E-state index contributed by atoms with van der Waals surface area (Å²) in [6, 6.07) is 4.83. The number of nitrogens with one attached hydrogen (secondary N) is 1. The Labute approximate surface area is 110 Å². The summed E-state index contributed by atoms with van der Waals surface area (Å²) in [6.45, 7) is 0.844. The molecular formula is C13H13N3O3. The second-order valence-electron chi connectivity index (χ2n) is 3.71. The monoisotopic (exact) mass is 259 g/mol. The zero-order valence-corrected chi connectivity index (χ0v) is 10.4. The van der Waals surface area contributed by atoms with Crippen molar-refractivity contribution in [3.8, 4) is 35.2 Å². The van der Waals surface area contributed by atoms with Gasteiger partial charge in [0.2, 0.25) is 11.7 Å². The Morgan fingerprint density at radius 2 is 2.37 bits per heavy atom. The van der Waals surface area contributed by atoms with Crippen molar-refractivity contribution in [3.63, 3.8) is 0 Å². The van der Waals surface area contributed by atoms with Gasteiger partial charge in [0.15, 0.2) is 11.5 Å². The predicted octanol–water partition coefficient (Wildman–Crippen LogP) is 1.17. The Bertz CT molecular complexity index is 601. The Morgan fingerprint density at radius 3 is 3.11 bits per heavy atom. The number of nitrogens with zero attached hydrogens (tertiary/aromatic N) is 2. The van der Waals surface area contributed by atoms with Gasteiger partial charge in [0.1, 0.15) is 0 Å². The zero-order chi connectivity index (χ0) is 13.7. The number of terminal acetylenes is 1. The number of hydrogen-bond donors (Lipinski definition) is 2. The van der Waals surface area contributed by atoms with Crippen LogP contribution in [0.4, 0.5) is 0 Å². The molecule has 2 aromatic rings. The summed E-state index contributed by atoms with van der Waals surface area (Å²) in [7, 11) is 1.48. The molecular weight excluding hydrogens is 246 g/mol. The smallest absolute Gasteiger partial charge is 0.240 e. The zero-order valence-electron chi connectivity index (χ0n) is 10.4. The van der Waals surface area contributed by atoms with Crippen molar-refractivity contribution in [1.29, 1.82) is 0 Å². The first-order chi connectivity index (χ1) is 9.24. The lowest BCUT2D eigenvalue weighted by Crippen LogP contribution is -2.13. The van der Waals surface area contributed by atoms with Crippen LogP contribution >= 0.6 is 0 Å². The molecule has 0 aliphatic heterocycles. The molecule has 1 aromatic heterocycles. The average molecular weight is 259 g/mol. The number of rotatable bonds is 5. The van der Waals surface area contributed by atoms with Crippen molar-refractivity contribution in [2.24, 2.45) is 0 Å². The van der Waals surface area contributed by atoms with Crippen LogP contribution in [0.15, 0.2) is 22.7 Å². The summed E-state index contributed by atoms with van der Waals surface area (Å²) < 4.78 is 10.1. The largest absolute Gasteiger partial charge is 0.504 e. The van der Waals surface area contributed by atoms with Crippen LogP contribution in [0.5, 0.6) is 11.5 Å². The molecule has 0 aliphatic rings. The minimum Gasteiger partial charge on any atom is -0.504 e. The van der Waals surface area contributed by atoms with Crippen LogP contribution in [0.3, 0.4) is 0 Å². The topological polar surface area (TPSA) is 80.4 Å². The van der Waals surface area contributed by atoms with Gasteiger partial charge in [-0.25, -0.2) is 0 Å². The number of ether oxygens (including phenoxy) is 1. The van der Waals surface area contributed by atoms with E-state index in [9.17, 15) is 5.11 Å². The van der Waals surface area contributed by atoms with E-state index in [0.29, 0.717) is 36.1 Å². The number of methoxy groups -OCH3 is 1. The average Bonchev–Trinajstić information content (AvgIpc) is 2.88. The van der Waals surface area contributed by atoms with E-state index < -0.39 is 0 Å². The molecule has 6 nitrogen and oxygen atoms in total. The van der Waals surface area contributed by atoms with Crippen LogP contribution in [0.2, 0.25) is 0 Å². The first kappa shape index (κ1) is 12.9. The van der Waals surface area contributed by atoms with Crippen LogP contribution in [-0.2, 0) is 6.54 Å². The minimum atomic E-state index is 0.0608. The van der Waals surface area contributed by atoms with Crippen molar-refractivity contribution >= 4 is 0 Å². The molecule has 1 aromatic carbocycles. The highest BCUT2D eigenvalue weighted by Gasteiger charge is 2.10. The predicted molar refractivity (Wildman–Crippen MR) is 68.5 cm³/mol. The van der Waals surface area contributed by atoms with E-state index in [4.69, 9.17) is 15.7 Å². The molecule has 0 fully saturated rings. The number of aromatic nitrogens is 2. The molecule has 0 aliphatic carbocycles. The Hall–Kier alpha value is -2.52. The van der Waals surface area contributed by atoms with Gasteiger partial charge in [-0.3, -0.25) is 5.32 Å². The molecule has 19 heavy (non-hydrogen) atoms. The lowest BCUT2D eigenvalue weighted by Gasteiger charge is -2.03. The molecule has 0 unspecified atom stereocenters. The van der Waals surface area contributed by atoms with E-state index in [2.05, 4.69) is 21.4 Å². The highest BCUT2D eigenvalue weighted by molar-refractivity contribution is 5.60. The molecule has 0 saturated heterocycles. The van der Waals surface area contributed by atoms with Crippen LogP contribution in [0.25, 0.3) is 11.4 Å². The fourth-order valence-corrected chi connectivity index (χ4v) is 1.50. The molecule has 98 valence electrons. The number of phenols is 1. The van der Waals surface area contributed by atoms with E-state index in [1.165, 1.54) is 13.2 Å². The quantitative estimate of drug-likeness (QED) is 0.620. The standard InChI is InChI=1S/C13H13N3O3/c1-3-6-14-8-12-15-13(16-19-12)9-4-5-10(17)11(7-9)18-2/h1,4-5,7,14,17H,6,8H2,2H3. The highest BCUT2D eigenvalue weighted by atomic mass is 16.5. The number of benzene rings is 1. The molecule has 0 atom stereocenters.